The lowest BCUT2D eigenvalue weighted by Crippen LogP contribution is -2.18. The van der Waals surface area contributed by atoms with Gasteiger partial charge in [0.25, 0.3) is 0 Å². The summed E-state index contributed by atoms with van der Waals surface area (Å²) in [7, 11) is 2.08. The minimum Gasteiger partial charge on any atom is -0.319 e. The minimum absolute atomic E-state index is 0.921. The third-order valence-corrected chi connectivity index (χ3v) is 3.66. The second kappa shape index (κ2) is 14.0. The second-order valence-corrected chi connectivity index (χ2v) is 5.48. The van der Waals surface area contributed by atoms with Gasteiger partial charge in [-0.1, -0.05) is 71.6 Å². The molecule has 1 heteroatoms. The largest absolute Gasteiger partial charge is 0.319 e. The van der Waals surface area contributed by atoms with Crippen LogP contribution >= 0.6 is 0 Å². The lowest BCUT2D eigenvalue weighted by Gasteiger charge is -2.15. The van der Waals surface area contributed by atoms with Crippen LogP contribution in [0, 0.1) is 5.92 Å². The molecule has 104 valence electrons. The molecule has 0 aromatic carbocycles. The van der Waals surface area contributed by atoms with E-state index in [4.69, 9.17) is 0 Å². The Bertz CT molecular complexity index is 127. The normalized spacial score (nSPS) is 12.9. The third kappa shape index (κ3) is 12.2. The maximum atomic E-state index is 3.33. The summed E-state index contributed by atoms with van der Waals surface area (Å²) in [5.74, 6) is 0.921. The number of rotatable bonds is 13. The fourth-order valence-electron chi connectivity index (χ4n) is 2.61. The van der Waals surface area contributed by atoms with Gasteiger partial charge in [-0.3, -0.25) is 0 Å². The Morgan fingerprint density at radius 3 is 1.82 bits per heavy atom. The molecule has 0 radical (unpaired) electrons. The SMILES string of the molecule is CCCCCCCCCCC(CCC)CNC. The molecule has 1 nitrogen and oxygen atoms in total. The van der Waals surface area contributed by atoms with Crippen LogP contribution in [0.2, 0.25) is 0 Å². The van der Waals surface area contributed by atoms with Crippen molar-refractivity contribution < 1.29 is 0 Å². The summed E-state index contributed by atoms with van der Waals surface area (Å²) in [4.78, 5) is 0. The van der Waals surface area contributed by atoms with Crippen LogP contribution in [0.4, 0.5) is 0 Å². The maximum absolute atomic E-state index is 3.33. The quantitative estimate of drug-likeness (QED) is 0.440. The first kappa shape index (κ1) is 17.0. The van der Waals surface area contributed by atoms with Crippen molar-refractivity contribution in [1.29, 1.82) is 0 Å². The highest BCUT2D eigenvalue weighted by molar-refractivity contribution is 4.61. The molecule has 1 N–H and O–H groups in total. The predicted molar refractivity (Wildman–Crippen MR) is 79.6 cm³/mol. The van der Waals surface area contributed by atoms with E-state index < -0.39 is 0 Å². The maximum Gasteiger partial charge on any atom is -0.00235 e. The average Bonchev–Trinajstić information content (AvgIpc) is 2.33. The van der Waals surface area contributed by atoms with Crippen LogP contribution in [-0.4, -0.2) is 13.6 Å². The predicted octanol–water partition coefficient (Wildman–Crippen LogP) is 5.15. The monoisotopic (exact) mass is 241 g/mol. The van der Waals surface area contributed by atoms with E-state index >= 15 is 0 Å². The van der Waals surface area contributed by atoms with Gasteiger partial charge in [0, 0.05) is 0 Å². The first-order chi connectivity index (χ1) is 8.35. The molecule has 0 fully saturated rings. The molecular weight excluding hydrogens is 206 g/mol. The Morgan fingerprint density at radius 2 is 1.29 bits per heavy atom. The van der Waals surface area contributed by atoms with E-state index in [0.29, 0.717) is 0 Å². The lowest BCUT2D eigenvalue weighted by molar-refractivity contribution is 0.405. The third-order valence-electron chi connectivity index (χ3n) is 3.66. The topological polar surface area (TPSA) is 12.0 Å². The molecule has 0 aliphatic heterocycles. The Labute approximate surface area is 110 Å². The lowest BCUT2D eigenvalue weighted by atomic mass is 9.96. The first-order valence-electron chi connectivity index (χ1n) is 7.99. The van der Waals surface area contributed by atoms with Crippen LogP contribution in [0.3, 0.4) is 0 Å². The molecule has 0 aromatic rings. The molecule has 0 heterocycles. The van der Waals surface area contributed by atoms with Gasteiger partial charge in [0.2, 0.25) is 0 Å². The van der Waals surface area contributed by atoms with E-state index in [2.05, 4.69) is 26.2 Å². The Morgan fingerprint density at radius 1 is 0.706 bits per heavy atom. The van der Waals surface area contributed by atoms with Crippen molar-refractivity contribution in [2.45, 2.75) is 84.5 Å². The first-order valence-corrected chi connectivity index (χ1v) is 7.99. The molecule has 0 saturated heterocycles. The van der Waals surface area contributed by atoms with Crippen LogP contribution in [0.15, 0.2) is 0 Å². The second-order valence-electron chi connectivity index (χ2n) is 5.48. The summed E-state index contributed by atoms with van der Waals surface area (Å²) in [5, 5.41) is 3.33. The van der Waals surface area contributed by atoms with Crippen molar-refractivity contribution in [1.82, 2.24) is 5.32 Å². The fourth-order valence-corrected chi connectivity index (χ4v) is 2.61. The van der Waals surface area contributed by atoms with Gasteiger partial charge in [-0.25, -0.2) is 0 Å². The highest BCUT2D eigenvalue weighted by atomic mass is 14.8. The van der Waals surface area contributed by atoms with Crippen LogP contribution < -0.4 is 5.32 Å². The average molecular weight is 241 g/mol. The van der Waals surface area contributed by atoms with Crippen LogP contribution in [0.25, 0.3) is 0 Å². The van der Waals surface area contributed by atoms with Crippen molar-refractivity contribution in [3.63, 3.8) is 0 Å². The van der Waals surface area contributed by atoms with Gasteiger partial charge >= 0.3 is 0 Å². The molecular formula is C16H35N. The summed E-state index contributed by atoms with van der Waals surface area (Å²) >= 11 is 0. The molecule has 0 aromatic heterocycles. The Kier molecular flexibility index (Phi) is 14.0. The molecule has 0 aliphatic carbocycles. The molecule has 1 unspecified atom stereocenters. The van der Waals surface area contributed by atoms with Gasteiger partial charge in [0.1, 0.15) is 0 Å². The fraction of sp³-hybridized carbons (Fsp3) is 1.00. The number of hydrogen-bond donors (Lipinski definition) is 1. The summed E-state index contributed by atoms with van der Waals surface area (Å²) in [6.45, 7) is 5.80. The van der Waals surface area contributed by atoms with E-state index in [0.717, 1.165) is 5.92 Å². The van der Waals surface area contributed by atoms with Crippen molar-refractivity contribution in [2.24, 2.45) is 5.92 Å². The molecule has 0 bridgehead atoms. The molecule has 17 heavy (non-hydrogen) atoms. The standard InChI is InChI=1S/C16H35N/c1-4-6-7-8-9-10-11-12-14-16(13-5-2)15-17-3/h16-17H,4-15H2,1-3H3. The van der Waals surface area contributed by atoms with Gasteiger partial charge in [-0.15, -0.1) is 0 Å². The van der Waals surface area contributed by atoms with Gasteiger partial charge in [0.05, 0.1) is 0 Å². The summed E-state index contributed by atoms with van der Waals surface area (Å²) < 4.78 is 0. The number of hydrogen-bond acceptors (Lipinski definition) is 1. The van der Waals surface area contributed by atoms with Gasteiger partial charge < -0.3 is 5.32 Å². The van der Waals surface area contributed by atoms with E-state index in [1.807, 2.05) is 0 Å². The summed E-state index contributed by atoms with van der Waals surface area (Å²) in [5.41, 5.74) is 0. The van der Waals surface area contributed by atoms with Crippen LogP contribution in [0.5, 0.6) is 0 Å². The van der Waals surface area contributed by atoms with E-state index in [1.165, 1.54) is 77.2 Å². The molecule has 0 saturated carbocycles. The molecule has 0 amide bonds. The van der Waals surface area contributed by atoms with Crippen molar-refractivity contribution in [3.05, 3.63) is 0 Å². The molecule has 0 rings (SSSR count). The van der Waals surface area contributed by atoms with Crippen LogP contribution in [-0.2, 0) is 0 Å². The van der Waals surface area contributed by atoms with Crippen molar-refractivity contribution in [3.8, 4) is 0 Å². The number of nitrogens with one attached hydrogen (secondary N) is 1. The summed E-state index contributed by atoms with van der Waals surface area (Å²) in [6.07, 6.45) is 15.7. The smallest absolute Gasteiger partial charge is 0.00235 e. The molecule has 0 spiro atoms. The highest BCUT2D eigenvalue weighted by Gasteiger charge is 2.05. The van der Waals surface area contributed by atoms with Crippen molar-refractivity contribution >= 4 is 0 Å². The van der Waals surface area contributed by atoms with Gasteiger partial charge in [-0.05, 0) is 32.4 Å². The van der Waals surface area contributed by atoms with Gasteiger partial charge in [-0.2, -0.15) is 0 Å². The molecule has 0 aliphatic rings. The summed E-state index contributed by atoms with van der Waals surface area (Å²) in [6, 6.07) is 0. The Balaban J connectivity index is 3.23. The zero-order valence-corrected chi connectivity index (χ0v) is 12.6. The molecule has 1 atom stereocenters. The van der Waals surface area contributed by atoms with Gasteiger partial charge in [0.15, 0.2) is 0 Å². The van der Waals surface area contributed by atoms with E-state index in [9.17, 15) is 0 Å². The number of unbranched alkanes of at least 4 members (excludes halogenated alkanes) is 7. The van der Waals surface area contributed by atoms with Crippen LogP contribution in [0.1, 0.15) is 84.5 Å². The zero-order chi connectivity index (χ0) is 12.8. The van der Waals surface area contributed by atoms with E-state index in [1.54, 1.807) is 0 Å². The Hall–Kier alpha value is -0.0400. The van der Waals surface area contributed by atoms with E-state index in [-0.39, 0.29) is 0 Å². The van der Waals surface area contributed by atoms with Crippen molar-refractivity contribution in [2.75, 3.05) is 13.6 Å². The zero-order valence-electron chi connectivity index (χ0n) is 12.6. The minimum atomic E-state index is 0.921. The highest BCUT2D eigenvalue weighted by Crippen LogP contribution is 2.16.